The van der Waals surface area contributed by atoms with Crippen LogP contribution in [-0.4, -0.2) is 47.2 Å². The predicted octanol–water partition coefficient (Wildman–Crippen LogP) is 4.79. The lowest BCUT2D eigenvalue weighted by Crippen LogP contribution is -2.57. The van der Waals surface area contributed by atoms with Crippen LogP contribution in [0.1, 0.15) is 16.9 Å². The van der Waals surface area contributed by atoms with Gasteiger partial charge in [-0.25, -0.2) is 18.7 Å². The largest absolute Gasteiger partial charge is 0.393 e. The summed E-state index contributed by atoms with van der Waals surface area (Å²) in [5, 5.41) is 0.661. The van der Waals surface area contributed by atoms with Crippen LogP contribution in [0.25, 0.3) is 10.2 Å². The molecule has 4 nitrogen and oxygen atoms in total. The highest BCUT2D eigenvalue weighted by atomic mass is 32.1. The normalized spacial score (nSPS) is 18.8. The molecule has 0 saturated carbocycles. The van der Waals surface area contributed by atoms with Gasteiger partial charge >= 0.3 is 6.18 Å². The van der Waals surface area contributed by atoms with E-state index >= 15 is 0 Å². The van der Waals surface area contributed by atoms with E-state index in [4.69, 9.17) is 0 Å². The van der Waals surface area contributed by atoms with E-state index in [1.165, 1.54) is 18.5 Å². The van der Waals surface area contributed by atoms with Crippen molar-refractivity contribution >= 4 is 27.4 Å². The van der Waals surface area contributed by atoms with Crippen molar-refractivity contribution in [2.45, 2.75) is 25.6 Å². The number of likely N-dealkylation sites (tertiary alicyclic amines) is 1. The van der Waals surface area contributed by atoms with Gasteiger partial charge in [0.2, 0.25) is 0 Å². The molecule has 0 atom stereocenters. The Labute approximate surface area is 179 Å². The number of aromatic nitrogens is 2. The predicted molar refractivity (Wildman–Crippen MR) is 108 cm³/mol. The molecular weight excluding hydrogens is 435 g/mol. The molecule has 2 aromatic heterocycles. The lowest BCUT2D eigenvalue weighted by Gasteiger charge is -2.48. The van der Waals surface area contributed by atoms with Crippen molar-refractivity contribution in [2.75, 3.05) is 31.1 Å². The smallest absolute Gasteiger partial charge is 0.355 e. The van der Waals surface area contributed by atoms with Gasteiger partial charge < -0.3 is 4.90 Å². The number of nitrogens with zero attached hydrogens (tertiary/aromatic N) is 4. The Hall–Kier alpha value is -2.33. The maximum atomic E-state index is 13.9. The molecular formula is C21H19F5N4S. The molecule has 0 amide bonds. The molecule has 1 spiro atoms. The number of hydrogen-bond donors (Lipinski definition) is 0. The van der Waals surface area contributed by atoms with E-state index in [-0.39, 0.29) is 10.3 Å². The van der Waals surface area contributed by atoms with Crippen LogP contribution in [0.15, 0.2) is 30.6 Å². The van der Waals surface area contributed by atoms with Crippen molar-refractivity contribution in [3.05, 3.63) is 52.7 Å². The molecule has 31 heavy (non-hydrogen) atoms. The summed E-state index contributed by atoms with van der Waals surface area (Å²) >= 11 is 1.05. The van der Waals surface area contributed by atoms with Gasteiger partial charge in [-0.3, -0.25) is 4.90 Å². The average Bonchev–Trinajstić information content (AvgIpc) is 3.25. The van der Waals surface area contributed by atoms with E-state index in [1.807, 2.05) is 0 Å². The number of thiophene rings is 1. The molecule has 10 heteroatoms. The first kappa shape index (κ1) is 20.6. The van der Waals surface area contributed by atoms with E-state index in [1.54, 1.807) is 6.07 Å². The van der Waals surface area contributed by atoms with Gasteiger partial charge in [0.1, 0.15) is 28.6 Å². The van der Waals surface area contributed by atoms with Crippen LogP contribution < -0.4 is 4.90 Å². The Morgan fingerprint density at radius 1 is 1.06 bits per heavy atom. The summed E-state index contributed by atoms with van der Waals surface area (Å²) in [7, 11) is 0. The summed E-state index contributed by atoms with van der Waals surface area (Å²) in [6, 6.07) is 5.19. The van der Waals surface area contributed by atoms with Crippen molar-refractivity contribution < 1.29 is 22.0 Å². The molecule has 0 aliphatic carbocycles. The van der Waals surface area contributed by atoms with Crippen LogP contribution in [0, 0.1) is 17.0 Å². The van der Waals surface area contributed by atoms with Gasteiger partial charge in [0.15, 0.2) is 0 Å². The molecule has 0 radical (unpaired) electrons. The molecule has 2 saturated heterocycles. The molecule has 0 bridgehead atoms. The number of rotatable bonds is 4. The maximum absolute atomic E-state index is 13.9. The molecule has 2 aliphatic rings. The highest BCUT2D eigenvalue weighted by molar-refractivity contribution is 7.18. The van der Waals surface area contributed by atoms with Crippen LogP contribution in [0.2, 0.25) is 0 Å². The summed E-state index contributed by atoms with van der Waals surface area (Å²) in [4.78, 5) is 13.6. The van der Waals surface area contributed by atoms with Gasteiger partial charge in [0, 0.05) is 54.6 Å². The van der Waals surface area contributed by atoms with Gasteiger partial charge in [-0.15, -0.1) is 11.3 Å². The van der Waals surface area contributed by atoms with E-state index < -0.39 is 24.2 Å². The summed E-state index contributed by atoms with van der Waals surface area (Å²) in [6.07, 6.45) is -2.89. The average molecular weight is 454 g/mol. The minimum atomic E-state index is -4.26. The standard InChI is InChI=1S/C21H19F5N4S/c22-14-2-1-13(17(23)5-14)8-29-9-20(10-29)3-4-30(11-20)18-16-6-15(7-21(24,25)26)31-19(16)28-12-27-18/h1-2,5-6,12H,3-4,7-11H2. The quantitative estimate of drug-likeness (QED) is 0.531. The summed E-state index contributed by atoms with van der Waals surface area (Å²) in [6.45, 7) is 3.51. The zero-order valence-electron chi connectivity index (χ0n) is 16.4. The van der Waals surface area contributed by atoms with Crippen molar-refractivity contribution in [2.24, 2.45) is 5.41 Å². The summed E-state index contributed by atoms with van der Waals surface area (Å²) in [5.41, 5.74) is 0.526. The van der Waals surface area contributed by atoms with Crippen LogP contribution >= 0.6 is 11.3 Å². The number of benzene rings is 1. The topological polar surface area (TPSA) is 32.3 Å². The summed E-state index contributed by atoms with van der Waals surface area (Å²) < 4.78 is 65.3. The minimum absolute atomic E-state index is 0.0542. The van der Waals surface area contributed by atoms with Gasteiger partial charge in [-0.05, 0) is 18.6 Å². The van der Waals surface area contributed by atoms with Crippen LogP contribution in [0.4, 0.5) is 27.8 Å². The lowest BCUT2D eigenvalue weighted by atomic mass is 9.79. The van der Waals surface area contributed by atoms with Crippen LogP contribution in [-0.2, 0) is 13.0 Å². The maximum Gasteiger partial charge on any atom is 0.393 e. The van der Waals surface area contributed by atoms with Crippen molar-refractivity contribution in [3.63, 3.8) is 0 Å². The van der Waals surface area contributed by atoms with Gasteiger partial charge in [-0.2, -0.15) is 13.2 Å². The summed E-state index contributed by atoms with van der Waals surface area (Å²) in [5.74, 6) is -0.449. The van der Waals surface area contributed by atoms with Gasteiger partial charge in [-0.1, -0.05) is 6.07 Å². The third-order valence-corrected chi connectivity index (χ3v) is 7.04. The second-order valence-corrected chi connectivity index (χ2v) is 9.59. The van der Waals surface area contributed by atoms with E-state index in [9.17, 15) is 22.0 Å². The highest BCUT2D eigenvalue weighted by Crippen LogP contribution is 2.43. The molecule has 0 unspecified atom stereocenters. The number of hydrogen-bond acceptors (Lipinski definition) is 5. The second kappa shape index (κ2) is 7.37. The first-order valence-corrected chi connectivity index (χ1v) is 10.7. The fourth-order valence-electron chi connectivity index (χ4n) is 4.71. The molecule has 4 heterocycles. The monoisotopic (exact) mass is 454 g/mol. The van der Waals surface area contributed by atoms with Crippen molar-refractivity contribution in [3.8, 4) is 0 Å². The Kier molecular flexibility index (Phi) is 4.89. The Bertz CT molecular complexity index is 1120. The third-order valence-electron chi connectivity index (χ3n) is 6.00. The molecule has 0 N–H and O–H groups in total. The number of halogens is 5. The SMILES string of the molecule is Fc1ccc(CN2CC3(CCN(c4ncnc5sc(CC(F)(F)F)cc45)C3)C2)c(F)c1. The molecule has 2 aliphatic heterocycles. The molecule has 1 aromatic carbocycles. The Morgan fingerprint density at radius 2 is 1.87 bits per heavy atom. The molecule has 2 fully saturated rings. The number of anilines is 1. The Balaban J connectivity index is 1.27. The van der Waals surface area contributed by atoms with Gasteiger partial charge in [0.05, 0.1) is 11.8 Å². The number of fused-ring (bicyclic) bond motifs is 1. The molecule has 3 aromatic rings. The lowest BCUT2D eigenvalue weighted by molar-refractivity contribution is -0.126. The Morgan fingerprint density at radius 3 is 2.61 bits per heavy atom. The third kappa shape index (κ3) is 4.10. The highest BCUT2D eigenvalue weighted by Gasteiger charge is 2.48. The first-order valence-electron chi connectivity index (χ1n) is 9.91. The number of alkyl halides is 3. The van der Waals surface area contributed by atoms with E-state index in [0.29, 0.717) is 28.1 Å². The van der Waals surface area contributed by atoms with Crippen molar-refractivity contribution in [1.82, 2.24) is 14.9 Å². The minimum Gasteiger partial charge on any atom is -0.355 e. The molecule has 164 valence electrons. The van der Waals surface area contributed by atoms with E-state index in [0.717, 1.165) is 50.0 Å². The zero-order chi connectivity index (χ0) is 21.8. The zero-order valence-corrected chi connectivity index (χ0v) is 17.2. The van der Waals surface area contributed by atoms with Crippen LogP contribution in [0.3, 0.4) is 0 Å². The molecule has 5 rings (SSSR count). The first-order chi connectivity index (χ1) is 14.7. The van der Waals surface area contributed by atoms with Gasteiger partial charge in [0.25, 0.3) is 0 Å². The fourth-order valence-corrected chi connectivity index (χ4v) is 5.73. The fraction of sp³-hybridized carbons (Fsp3) is 0.429. The van der Waals surface area contributed by atoms with Crippen molar-refractivity contribution in [1.29, 1.82) is 0 Å². The van der Waals surface area contributed by atoms with E-state index in [2.05, 4.69) is 19.8 Å². The second-order valence-electron chi connectivity index (χ2n) is 8.47. The van der Waals surface area contributed by atoms with Crippen LogP contribution in [0.5, 0.6) is 0 Å².